The average Bonchev–Trinajstić information content (AvgIpc) is 2.97. The van der Waals surface area contributed by atoms with Crippen LogP contribution in [0, 0.1) is 5.82 Å². The van der Waals surface area contributed by atoms with Gasteiger partial charge >= 0.3 is 5.69 Å². The van der Waals surface area contributed by atoms with Crippen molar-refractivity contribution in [3.63, 3.8) is 0 Å². The second kappa shape index (κ2) is 6.88. The van der Waals surface area contributed by atoms with Crippen LogP contribution < -0.4 is 33.5 Å². The molecule has 6 N–H and O–H groups in total. The third-order valence-electron chi connectivity index (χ3n) is 5.43. The van der Waals surface area contributed by atoms with Gasteiger partial charge in [-0.05, 0) is 25.7 Å². The minimum atomic E-state index is -0.858. The smallest absolute Gasteiger partial charge is 0.350 e. The third-order valence-corrected chi connectivity index (χ3v) is 5.79. The minimum absolute atomic E-state index is 0. The molecule has 1 saturated carbocycles. The topological polar surface area (TPSA) is 125 Å². The predicted octanol–water partition coefficient (Wildman–Crippen LogP) is 0.936. The number of rotatable bonds is 2. The van der Waals surface area contributed by atoms with E-state index >= 15 is 4.39 Å². The van der Waals surface area contributed by atoms with Crippen LogP contribution in [-0.4, -0.2) is 28.4 Å². The van der Waals surface area contributed by atoms with Crippen molar-refractivity contribution in [2.75, 3.05) is 29.6 Å². The Morgan fingerprint density at radius 3 is 2.37 bits per heavy atom. The van der Waals surface area contributed by atoms with Gasteiger partial charge in [-0.25, -0.2) is 9.18 Å². The fourth-order valence-corrected chi connectivity index (χ4v) is 4.18. The summed E-state index contributed by atoms with van der Waals surface area (Å²) in [6.45, 7) is 0.938. The molecule has 0 amide bonds. The van der Waals surface area contributed by atoms with E-state index in [1.54, 1.807) is 4.90 Å². The van der Waals surface area contributed by atoms with E-state index in [0.717, 1.165) is 19.3 Å². The highest BCUT2D eigenvalue weighted by Crippen LogP contribution is 2.42. The molecule has 11 heteroatoms. The number of nitrogen functional groups attached to an aromatic ring is 2. The zero-order valence-corrected chi connectivity index (χ0v) is 16.0. The first-order valence-corrected chi connectivity index (χ1v) is 8.94. The van der Waals surface area contributed by atoms with Crippen LogP contribution in [0.3, 0.4) is 0 Å². The van der Waals surface area contributed by atoms with Gasteiger partial charge in [0.2, 0.25) is 0 Å². The van der Waals surface area contributed by atoms with Crippen molar-refractivity contribution >= 4 is 46.3 Å². The molecule has 2 fully saturated rings. The van der Waals surface area contributed by atoms with Crippen molar-refractivity contribution in [2.24, 2.45) is 5.73 Å². The van der Waals surface area contributed by atoms with Crippen molar-refractivity contribution < 1.29 is 4.39 Å². The van der Waals surface area contributed by atoms with E-state index in [4.69, 9.17) is 28.9 Å². The highest BCUT2D eigenvalue weighted by atomic mass is 35.5. The lowest BCUT2D eigenvalue weighted by Gasteiger charge is -2.31. The standard InChI is InChI=1S/C16H20ClFN6O2.ClH/c17-10-13-9(12(20)11(18)14(10)22-5-4-7(19)6-22)15(25)24(21)16(26)23(13)8-2-1-3-8;/h7-8H,1-6,19-21H2;1H. The molecule has 0 bridgehead atoms. The Labute approximate surface area is 165 Å². The largest absolute Gasteiger partial charge is 0.396 e. The Kier molecular flexibility index (Phi) is 5.04. The zero-order chi connectivity index (χ0) is 18.7. The molecule has 2 aromatic rings. The van der Waals surface area contributed by atoms with E-state index in [0.29, 0.717) is 24.2 Å². The Balaban J connectivity index is 0.00000210. The van der Waals surface area contributed by atoms with Gasteiger partial charge in [0.1, 0.15) is 0 Å². The van der Waals surface area contributed by atoms with Crippen LogP contribution in [0.15, 0.2) is 9.59 Å². The summed E-state index contributed by atoms with van der Waals surface area (Å²) in [4.78, 5) is 26.9. The number of hydrogen-bond donors (Lipinski definition) is 3. The monoisotopic (exact) mass is 418 g/mol. The summed E-state index contributed by atoms with van der Waals surface area (Å²) in [7, 11) is 0. The van der Waals surface area contributed by atoms with Crippen LogP contribution in [0.5, 0.6) is 0 Å². The Morgan fingerprint density at radius 1 is 1.19 bits per heavy atom. The number of anilines is 2. The van der Waals surface area contributed by atoms with Crippen LogP contribution in [0.2, 0.25) is 5.02 Å². The lowest BCUT2D eigenvalue weighted by atomic mass is 9.92. The van der Waals surface area contributed by atoms with Gasteiger partial charge in [-0.1, -0.05) is 11.6 Å². The zero-order valence-electron chi connectivity index (χ0n) is 14.5. The maximum atomic E-state index is 15.0. The number of nitrogens with two attached hydrogens (primary N) is 3. The maximum absolute atomic E-state index is 15.0. The fraction of sp³-hybridized carbons (Fsp3) is 0.500. The number of hydrogen-bond acceptors (Lipinski definition) is 6. The maximum Gasteiger partial charge on any atom is 0.350 e. The van der Waals surface area contributed by atoms with Crippen molar-refractivity contribution in [3.05, 3.63) is 31.7 Å². The second-order valence-electron chi connectivity index (χ2n) is 7.02. The molecule has 8 nitrogen and oxygen atoms in total. The first-order valence-electron chi connectivity index (χ1n) is 8.56. The summed E-state index contributed by atoms with van der Waals surface area (Å²) in [5.74, 6) is 4.85. The molecule has 27 heavy (non-hydrogen) atoms. The molecule has 0 radical (unpaired) electrons. The Bertz CT molecular complexity index is 1030. The number of benzene rings is 1. The van der Waals surface area contributed by atoms with E-state index in [1.165, 1.54) is 4.57 Å². The fourth-order valence-electron chi connectivity index (χ4n) is 3.80. The van der Waals surface area contributed by atoms with Crippen molar-refractivity contribution in [1.29, 1.82) is 0 Å². The summed E-state index contributed by atoms with van der Waals surface area (Å²) in [5, 5.41) is -0.156. The highest BCUT2D eigenvalue weighted by molar-refractivity contribution is 6.38. The van der Waals surface area contributed by atoms with E-state index < -0.39 is 17.1 Å². The molecule has 148 valence electrons. The Hall–Kier alpha value is -1.97. The number of nitrogens with zero attached hydrogens (tertiary/aromatic N) is 3. The van der Waals surface area contributed by atoms with Crippen LogP contribution in [0.25, 0.3) is 10.9 Å². The SMILES string of the molecule is Cl.Nc1c(F)c(N2CCC(N)C2)c(Cl)c2c1c(=O)n(N)c(=O)n2C1CCC1. The quantitative estimate of drug-likeness (QED) is 0.492. The van der Waals surface area contributed by atoms with Gasteiger partial charge in [-0.15, -0.1) is 12.4 Å². The van der Waals surface area contributed by atoms with Crippen molar-refractivity contribution in [3.8, 4) is 0 Å². The van der Waals surface area contributed by atoms with Crippen LogP contribution in [0.1, 0.15) is 31.7 Å². The van der Waals surface area contributed by atoms with Gasteiger partial charge in [0, 0.05) is 25.2 Å². The summed E-state index contributed by atoms with van der Waals surface area (Å²) in [6.07, 6.45) is 3.15. The molecule has 1 unspecified atom stereocenters. The first-order chi connectivity index (χ1) is 12.3. The van der Waals surface area contributed by atoms with E-state index in [2.05, 4.69) is 0 Å². The lowest BCUT2D eigenvalue weighted by Crippen LogP contribution is -2.47. The van der Waals surface area contributed by atoms with Gasteiger partial charge in [-0.2, -0.15) is 4.68 Å². The molecule has 2 heterocycles. The number of fused-ring (bicyclic) bond motifs is 1. The van der Waals surface area contributed by atoms with E-state index in [-0.39, 0.29) is 51.8 Å². The van der Waals surface area contributed by atoms with Crippen LogP contribution in [-0.2, 0) is 0 Å². The molecule has 4 rings (SSSR count). The predicted molar refractivity (Wildman–Crippen MR) is 107 cm³/mol. The first kappa shape index (κ1) is 19.8. The second-order valence-corrected chi connectivity index (χ2v) is 7.40. The molecule has 1 aliphatic heterocycles. The molecule has 0 spiro atoms. The molecule has 1 aromatic carbocycles. The van der Waals surface area contributed by atoms with Gasteiger partial charge in [-0.3, -0.25) is 9.36 Å². The van der Waals surface area contributed by atoms with Gasteiger partial charge in [0.15, 0.2) is 5.82 Å². The molecule has 2 aliphatic rings. The number of aromatic nitrogens is 2. The summed E-state index contributed by atoms with van der Waals surface area (Å²) < 4.78 is 16.9. The molecular formula is C16H21Cl2FN6O2. The molecule has 1 saturated heterocycles. The van der Waals surface area contributed by atoms with Crippen molar-refractivity contribution in [2.45, 2.75) is 37.8 Å². The lowest BCUT2D eigenvalue weighted by molar-refractivity contribution is 0.308. The van der Waals surface area contributed by atoms with Gasteiger partial charge in [0.05, 0.1) is 27.3 Å². The molecule has 1 aliphatic carbocycles. The third kappa shape index (κ3) is 2.76. The normalized spacial score (nSPS) is 20.0. The average molecular weight is 419 g/mol. The van der Waals surface area contributed by atoms with Gasteiger partial charge < -0.3 is 22.2 Å². The summed E-state index contributed by atoms with van der Waals surface area (Å²) >= 11 is 6.55. The van der Waals surface area contributed by atoms with Crippen molar-refractivity contribution in [1.82, 2.24) is 9.24 Å². The minimum Gasteiger partial charge on any atom is -0.396 e. The van der Waals surface area contributed by atoms with Crippen LogP contribution in [0.4, 0.5) is 15.8 Å². The van der Waals surface area contributed by atoms with E-state index in [9.17, 15) is 9.59 Å². The molecule has 1 atom stereocenters. The molecular weight excluding hydrogens is 398 g/mol. The summed E-state index contributed by atoms with van der Waals surface area (Å²) in [5.41, 5.74) is 10.2. The van der Waals surface area contributed by atoms with Crippen LogP contribution >= 0.6 is 24.0 Å². The summed E-state index contributed by atoms with van der Waals surface area (Å²) in [6, 6.07) is -0.246. The Morgan fingerprint density at radius 2 is 1.85 bits per heavy atom. The number of halogens is 3. The van der Waals surface area contributed by atoms with Gasteiger partial charge in [0.25, 0.3) is 5.56 Å². The van der Waals surface area contributed by atoms with E-state index in [1.807, 2.05) is 0 Å². The molecule has 1 aromatic heterocycles. The highest BCUT2D eigenvalue weighted by Gasteiger charge is 2.32.